The van der Waals surface area contributed by atoms with Crippen molar-refractivity contribution in [2.75, 3.05) is 31.7 Å². The number of aliphatic hydroxyl groups is 1. The van der Waals surface area contributed by atoms with Gasteiger partial charge in [0.05, 0.1) is 31.2 Å². The first-order valence-electron chi connectivity index (χ1n) is 6.22. The summed E-state index contributed by atoms with van der Waals surface area (Å²) in [4.78, 5) is 17.0. The van der Waals surface area contributed by atoms with Crippen molar-refractivity contribution in [1.82, 2.24) is 19.9 Å². The topological polar surface area (TPSA) is 93.1 Å². The number of fused-ring (bicyclic) bond motifs is 1. The molecule has 0 bridgehead atoms. The lowest BCUT2D eigenvalue weighted by Gasteiger charge is -2.09. The number of nitrogens with zero attached hydrogens (tertiary/aromatic N) is 4. The van der Waals surface area contributed by atoms with E-state index in [4.69, 9.17) is 21.4 Å². The van der Waals surface area contributed by atoms with Crippen LogP contribution in [0.5, 0.6) is 0 Å². The molecular formula is C12H16ClN5O2. The third kappa shape index (κ3) is 3.50. The van der Waals surface area contributed by atoms with E-state index in [1.807, 2.05) is 13.8 Å². The van der Waals surface area contributed by atoms with E-state index in [0.29, 0.717) is 36.7 Å². The summed E-state index contributed by atoms with van der Waals surface area (Å²) in [6, 6.07) is 0. The molecule has 20 heavy (non-hydrogen) atoms. The molecular weight excluding hydrogens is 282 g/mol. The first-order chi connectivity index (χ1) is 9.61. The molecule has 0 saturated heterocycles. The molecule has 0 unspecified atom stereocenters. The van der Waals surface area contributed by atoms with Gasteiger partial charge in [-0.1, -0.05) is 0 Å². The lowest BCUT2D eigenvalue weighted by atomic mass is 10.3. The van der Waals surface area contributed by atoms with Gasteiger partial charge in [-0.25, -0.2) is 9.97 Å². The zero-order chi connectivity index (χ0) is 14.5. The Bertz CT molecular complexity index is 608. The fourth-order valence-electron chi connectivity index (χ4n) is 1.62. The highest BCUT2D eigenvalue weighted by molar-refractivity contribution is 6.28. The maximum atomic E-state index is 8.62. The number of ether oxygens (including phenoxy) is 1. The molecule has 7 nitrogen and oxygen atoms in total. The minimum absolute atomic E-state index is 0.00616. The largest absolute Gasteiger partial charge is 0.394 e. The lowest BCUT2D eigenvalue weighted by molar-refractivity contribution is 0.0992. The lowest BCUT2D eigenvalue weighted by Crippen LogP contribution is -2.13. The van der Waals surface area contributed by atoms with Crippen LogP contribution in [0.1, 0.15) is 11.4 Å². The van der Waals surface area contributed by atoms with Crippen LogP contribution in [-0.4, -0.2) is 51.4 Å². The summed E-state index contributed by atoms with van der Waals surface area (Å²) in [5.41, 5.74) is 2.68. The highest BCUT2D eigenvalue weighted by Gasteiger charge is 2.11. The molecule has 2 rings (SSSR count). The maximum Gasteiger partial charge on any atom is 0.226 e. The van der Waals surface area contributed by atoms with Crippen molar-refractivity contribution >= 4 is 28.6 Å². The summed E-state index contributed by atoms with van der Waals surface area (Å²) in [5.74, 6) is 0.531. The molecule has 108 valence electrons. The molecule has 0 aliphatic heterocycles. The van der Waals surface area contributed by atoms with E-state index >= 15 is 0 Å². The van der Waals surface area contributed by atoms with Gasteiger partial charge in [0.1, 0.15) is 0 Å². The molecule has 8 heteroatoms. The van der Waals surface area contributed by atoms with Gasteiger partial charge in [0.2, 0.25) is 5.28 Å². The molecule has 0 saturated carbocycles. The smallest absolute Gasteiger partial charge is 0.226 e. The highest BCUT2D eigenvalue weighted by atomic mass is 35.5. The van der Waals surface area contributed by atoms with Gasteiger partial charge in [-0.3, -0.25) is 0 Å². The number of rotatable bonds is 6. The average Bonchev–Trinajstić information content (AvgIpc) is 2.40. The fraction of sp³-hybridized carbons (Fsp3) is 0.500. The van der Waals surface area contributed by atoms with Crippen LogP contribution in [0.4, 0.5) is 5.82 Å². The van der Waals surface area contributed by atoms with E-state index in [2.05, 4.69) is 25.3 Å². The van der Waals surface area contributed by atoms with Crippen molar-refractivity contribution in [1.29, 1.82) is 0 Å². The Kier molecular flexibility index (Phi) is 4.99. The van der Waals surface area contributed by atoms with Crippen molar-refractivity contribution in [2.24, 2.45) is 0 Å². The van der Waals surface area contributed by atoms with Crippen LogP contribution in [0.2, 0.25) is 5.28 Å². The monoisotopic (exact) mass is 297 g/mol. The second kappa shape index (κ2) is 6.74. The van der Waals surface area contributed by atoms with Crippen LogP contribution in [0, 0.1) is 13.8 Å². The first kappa shape index (κ1) is 14.8. The van der Waals surface area contributed by atoms with Gasteiger partial charge in [0.25, 0.3) is 0 Å². The van der Waals surface area contributed by atoms with Gasteiger partial charge in [-0.2, -0.15) is 9.97 Å². The number of hydrogen-bond donors (Lipinski definition) is 2. The summed E-state index contributed by atoms with van der Waals surface area (Å²) >= 11 is 5.88. The van der Waals surface area contributed by atoms with Crippen molar-refractivity contribution in [3.05, 3.63) is 16.7 Å². The van der Waals surface area contributed by atoms with E-state index in [9.17, 15) is 0 Å². The minimum atomic E-state index is 0.00616. The van der Waals surface area contributed by atoms with Crippen LogP contribution >= 0.6 is 11.6 Å². The predicted molar refractivity (Wildman–Crippen MR) is 76.0 cm³/mol. The third-order valence-corrected chi connectivity index (χ3v) is 2.86. The van der Waals surface area contributed by atoms with Crippen LogP contribution in [0.15, 0.2) is 0 Å². The van der Waals surface area contributed by atoms with E-state index in [0.717, 1.165) is 11.4 Å². The van der Waals surface area contributed by atoms with Gasteiger partial charge in [-0.05, 0) is 25.4 Å². The fourth-order valence-corrected chi connectivity index (χ4v) is 1.78. The van der Waals surface area contributed by atoms with Crippen molar-refractivity contribution in [2.45, 2.75) is 13.8 Å². The average molecular weight is 298 g/mol. The molecule has 0 aromatic carbocycles. The van der Waals surface area contributed by atoms with Gasteiger partial charge in [0, 0.05) is 6.54 Å². The molecule has 0 aliphatic rings. The third-order valence-electron chi connectivity index (χ3n) is 2.69. The van der Waals surface area contributed by atoms with E-state index < -0.39 is 0 Å². The Morgan fingerprint density at radius 2 is 1.85 bits per heavy atom. The Morgan fingerprint density at radius 1 is 1.10 bits per heavy atom. The van der Waals surface area contributed by atoms with Crippen molar-refractivity contribution < 1.29 is 9.84 Å². The standard InChI is InChI=1S/C12H16ClN5O2/c1-7-8(2)16-11-9(15-7)10(17-12(13)18-11)14-3-5-20-6-4-19/h19H,3-6H2,1-2H3,(H,14,16,17,18). The number of nitrogens with one attached hydrogen (secondary N) is 1. The number of aromatic nitrogens is 4. The molecule has 0 spiro atoms. The van der Waals surface area contributed by atoms with Crippen molar-refractivity contribution in [3.8, 4) is 0 Å². The molecule has 0 radical (unpaired) electrons. The molecule has 2 N–H and O–H groups in total. The van der Waals surface area contributed by atoms with Crippen molar-refractivity contribution in [3.63, 3.8) is 0 Å². The summed E-state index contributed by atoms with van der Waals surface area (Å²) in [5, 5.41) is 11.8. The first-order valence-corrected chi connectivity index (χ1v) is 6.60. The second-order valence-corrected chi connectivity index (χ2v) is 4.51. The molecule has 2 aromatic heterocycles. The highest BCUT2D eigenvalue weighted by Crippen LogP contribution is 2.19. The summed E-state index contributed by atoms with van der Waals surface area (Å²) in [6.45, 7) is 5.04. The van der Waals surface area contributed by atoms with Crippen LogP contribution < -0.4 is 5.32 Å². The van der Waals surface area contributed by atoms with Gasteiger partial charge >= 0.3 is 0 Å². The normalized spacial score (nSPS) is 11.0. The van der Waals surface area contributed by atoms with E-state index in [-0.39, 0.29) is 11.9 Å². The number of aryl methyl sites for hydroxylation is 2. The molecule has 2 aromatic rings. The SMILES string of the molecule is Cc1nc2nc(Cl)nc(NCCOCCO)c2nc1C. The molecule has 2 heterocycles. The number of aliphatic hydroxyl groups excluding tert-OH is 1. The number of halogens is 1. The van der Waals surface area contributed by atoms with Crippen LogP contribution in [0.25, 0.3) is 11.2 Å². The molecule has 0 aliphatic carbocycles. The molecule has 0 fully saturated rings. The predicted octanol–water partition coefficient (Wildman–Crippen LogP) is 1.11. The van der Waals surface area contributed by atoms with Gasteiger partial charge < -0.3 is 15.2 Å². The minimum Gasteiger partial charge on any atom is -0.394 e. The maximum absolute atomic E-state index is 8.62. The van der Waals surface area contributed by atoms with Crippen LogP contribution in [-0.2, 0) is 4.74 Å². The molecule has 0 amide bonds. The van der Waals surface area contributed by atoms with E-state index in [1.165, 1.54) is 0 Å². The zero-order valence-electron chi connectivity index (χ0n) is 11.4. The Balaban J connectivity index is 2.21. The zero-order valence-corrected chi connectivity index (χ0v) is 12.1. The second-order valence-electron chi connectivity index (χ2n) is 4.17. The Hall–Kier alpha value is -1.57. The Morgan fingerprint density at radius 3 is 2.60 bits per heavy atom. The summed E-state index contributed by atoms with van der Waals surface area (Å²) in [6.07, 6.45) is 0. The van der Waals surface area contributed by atoms with Gasteiger partial charge in [-0.15, -0.1) is 0 Å². The number of anilines is 1. The quantitative estimate of drug-likeness (QED) is 0.609. The van der Waals surface area contributed by atoms with E-state index in [1.54, 1.807) is 0 Å². The summed E-state index contributed by atoms with van der Waals surface area (Å²) < 4.78 is 5.16. The van der Waals surface area contributed by atoms with Gasteiger partial charge in [0.15, 0.2) is 17.0 Å². The molecule has 0 atom stereocenters. The van der Waals surface area contributed by atoms with Crippen LogP contribution in [0.3, 0.4) is 0 Å². The number of hydrogen-bond acceptors (Lipinski definition) is 7. The summed E-state index contributed by atoms with van der Waals surface area (Å²) in [7, 11) is 0. The Labute approximate surface area is 121 Å².